The third-order valence-corrected chi connectivity index (χ3v) is 4.44. The van der Waals surface area contributed by atoms with Crippen molar-refractivity contribution >= 4 is 5.82 Å². The summed E-state index contributed by atoms with van der Waals surface area (Å²) in [5, 5.41) is 6.99. The van der Waals surface area contributed by atoms with Gasteiger partial charge in [-0.2, -0.15) is 4.98 Å². The van der Waals surface area contributed by atoms with Gasteiger partial charge in [0.2, 0.25) is 11.7 Å². The molecule has 3 heterocycles. The van der Waals surface area contributed by atoms with Crippen molar-refractivity contribution < 1.29 is 13.7 Å². The molecule has 3 aromatic rings. The number of hydrogen-bond acceptors (Lipinski definition) is 8. The number of ether oxygens (including phenoxy) is 1. The molecular weight excluding hydrogens is 351 g/mol. The van der Waals surface area contributed by atoms with Gasteiger partial charge in [0.25, 0.3) is 0 Å². The Morgan fingerprint density at radius 3 is 2.78 bits per heavy atom. The summed E-state index contributed by atoms with van der Waals surface area (Å²) in [5.74, 6) is 0.985. The first-order valence-electron chi connectivity index (χ1n) is 8.66. The minimum Gasteiger partial charge on any atom is -0.379 e. The molecule has 1 aromatic carbocycles. The number of aromatic nitrogens is 4. The molecule has 0 aliphatic carbocycles. The summed E-state index contributed by atoms with van der Waals surface area (Å²) in [5.41, 5.74) is 1.02. The van der Waals surface area contributed by atoms with Gasteiger partial charge in [0.15, 0.2) is 0 Å². The van der Waals surface area contributed by atoms with Gasteiger partial charge in [-0.3, -0.25) is 4.90 Å². The van der Waals surface area contributed by atoms with Crippen LogP contribution in [-0.2, 0) is 4.74 Å². The molecule has 140 valence electrons. The maximum absolute atomic E-state index is 14.5. The van der Waals surface area contributed by atoms with E-state index in [-0.39, 0.29) is 5.82 Å². The van der Waals surface area contributed by atoms with E-state index in [1.807, 2.05) is 0 Å². The molecule has 4 rings (SSSR count). The van der Waals surface area contributed by atoms with Crippen LogP contribution < -0.4 is 5.32 Å². The largest absolute Gasteiger partial charge is 0.379 e. The van der Waals surface area contributed by atoms with Crippen LogP contribution in [0.3, 0.4) is 0 Å². The van der Waals surface area contributed by atoms with Crippen molar-refractivity contribution in [1.82, 2.24) is 25.0 Å². The highest BCUT2D eigenvalue weighted by Gasteiger charge is 2.31. The van der Waals surface area contributed by atoms with Crippen molar-refractivity contribution in [3.05, 3.63) is 53.9 Å². The minimum absolute atomic E-state index is 0.312. The van der Waals surface area contributed by atoms with Crippen LogP contribution in [-0.4, -0.2) is 58.4 Å². The monoisotopic (exact) mass is 370 g/mol. The van der Waals surface area contributed by atoms with Gasteiger partial charge < -0.3 is 14.6 Å². The van der Waals surface area contributed by atoms with Crippen molar-refractivity contribution in [3.63, 3.8) is 0 Å². The van der Waals surface area contributed by atoms with E-state index in [9.17, 15) is 4.39 Å². The van der Waals surface area contributed by atoms with Crippen LogP contribution in [0.1, 0.15) is 17.5 Å². The Labute approximate surface area is 155 Å². The number of nitrogens with one attached hydrogen (secondary N) is 1. The van der Waals surface area contributed by atoms with E-state index in [4.69, 9.17) is 9.26 Å². The second-order valence-corrected chi connectivity index (χ2v) is 6.07. The molecule has 8 nitrogen and oxygen atoms in total. The zero-order valence-corrected chi connectivity index (χ0v) is 14.8. The highest BCUT2D eigenvalue weighted by Crippen LogP contribution is 2.31. The van der Waals surface area contributed by atoms with Gasteiger partial charge in [-0.05, 0) is 6.07 Å². The summed E-state index contributed by atoms with van der Waals surface area (Å²) in [4.78, 5) is 14.9. The predicted molar refractivity (Wildman–Crippen MR) is 95.5 cm³/mol. The Morgan fingerprint density at radius 1 is 1.19 bits per heavy atom. The quantitative estimate of drug-likeness (QED) is 0.731. The summed E-state index contributed by atoms with van der Waals surface area (Å²) < 4.78 is 25.5. The maximum Gasteiger partial charge on any atom is 0.249 e. The van der Waals surface area contributed by atoms with Crippen LogP contribution >= 0.6 is 0 Å². The number of hydrogen-bond donors (Lipinski definition) is 1. The molecule has 27 heavy (non-hydrogen) atoms. The van der Waals surface area contributed by atoms with E-state index in [1.165, 1.54) is 12.4 Å². The second-order valence-electron chi connectivity index (χ2n) is 6.07. The smallest absolute Gasteiger partial charge is 0.249 e. The number of morpholine rings is 1. The molecule has 1 saturated heterocycles. The Bertz CT molecular complexity index is 912. The minimum atomic E-state index is -0.484. The van der Waals surface area contributed by atoms with Gasteiger partial charge in [-0.25, -0.2) is 14.4 Å². The topological polar surface area (TPSA) is 89.2 Å². The second kappa shape index (κ2) is 7.77. The zero-order valence-electron chi connectivity index (χ0n) is 14.8. The fourth-order valence-corrected chi connectivity index (χ4v) is 3.09. The average molecular weight is 370 g/mol. The summed E-state index contributed by atoms with van der Waals surface area (Å²) in [6, 6.07) is 7.87. The molecule has 1 aliphatic heterocycles. The summed E-state index contributed by atoms with van der Waals surface area (Å²) >= 11 is 0. The fraction of sp³-hybridized carbons (Fsp3) is 0.333. The van der Waals surface area contributed by atoms with Crippen LogP contribution in [0, 0.1) is 5.82 Å². The van der Waals surface area contributed by atoms with Crippen molar-refractivity contribution in [2.75, 3.05) is 38.7 Å². The summed E-state index contributed by atoms with van der Waals surface area (Å²) in [6.07, 6.45) is 1.42. The highest BCUT2D eigenvalue weighted by atomic mass is 19.1. The first-order valence-corrected chi connectivity index (χ1v) is 8.66. The average Bonchev–Trinajstić information content (AvgIpc) is 3.20. The molecule has 0 radical (unpaired) electrons. The fourth-order valence-electron chi connectivity index (χ4n) is 3.09. The van der Waals surface area contributed by atoms with E-state index in [2.05, 4.69) is 30.3 Å². The summed E-state index contributed by atoms with van der Waals surface area (Å²) in [7, 11) is 1.76. The first kappa shape index (κ1) is 17.5. The predicted octanol–water partition coefficient (Wildman–Crippen LogP) is 2.13. The molecule has 2 aromatic heterocycles. The van der Waals surface area contributed by atoms with Crippen LogP contribution in [0.2, 0.25) is 0 Å². The molecule has 0 bridgehead atoms. The molecule has 1 atom stereocenters. The van der Waals surface area contributed by atoms with E-state index in [1.54, 1.807) is 31.3 Å². The molecule has 0 saturated carbocycles. The zero-order chi connectivity index (χ0) is 18.6. The van der Waals surface area contributed by atoms with Crippen LogP contribution in [0.15, 0.2) is 41.2 Å². The molecule has 0 amide bonds. The van der Waals surface area contributed by atoms with Gasteiger partial charge in [0.1, 0.15) is 29.7 Å². The lowest BCUT2D eigenvalue weighted by atomic mass is 10.0. The number of benzene rings is 1. The van der Waals surface area contributed by atoms with E-state index in [0.717, 1.165) is 0 Å². The van der Waals surface area contributed by atoms with Gasteiger partial charge in [-0.15, -0.1) is 0 Å². The number of anilines is 1. The van der Waals surface area contributed by atoms with Crippen molar-refractivity contribution in [1.29, 1.82) is 0 Å². The Morgan fingerprint density at radius 2 is 2.00 bits per heavy atom. The highest BCUT2D eigenvalue weighted by molar-refractivity contribution is 5.53. The van der Waals surface area contributed by atoms with Crippen molar-refractivity contribution in [2.24, 2.45) is 0 Å². The van der Waals surface area contributed by atoms with Crippen LogP contribution in [0.5, 0.6) is 0 Å². The molecular formula is C18H19FN6O2. The van der Waals surface area contributed by atoms with Gasteiger partial charge >= 0.3 is 0 Å². The summed E-state index contributed by atoms with van der Waals surface area (Å²) in [6.45, 7) is 2.44. The number of nitrogens with zero attached hydrogens (tertiary/aromatic N) is 5. The Kier molecular flexibility index (Phi) is 5.03. The van der Waals surface area contributed by atoms with Crippen LogP contribution in [0.25, 0.3) is 11.5 Å². The number of rotatable bonds is 5. The van der Waals surface area contributed by atoms with Gasteiger partial charge in [0.05, 0.1) is 13.2 Å². The SMILES string of the molecule is CNc1cc(-c2noc(C(c3ccccc3F)N3CCOCC3)n2)ncn1. The van der Waals surface area contributed by atoms with Gasteiger partial charge in [-0.1, -0.05) is 23.4 Å². The van der Waals surface area contributed by atoms with E-state index in [0.29, 0.717) is 55.1 Å². The van der Waals surface area contributed by atoms with Crippen molar-refractivity contribution in [3.8, 4) is 11.5 Å². The lowest BCUT2D eigenvalue weighted by Crippen LogP contribution is -2.40. The third kappa shape index (κ3) is 3.64. The molecule has 1 unspecified atom stereocenters. The maximum atomic E-state index is 14.5. The molecule has 1 aliphatic rings. The first-order chi connectivity index (χ1) is 13.3. The Balaban J connectivity index is 1.72. The van der Waals surface area contributed by atoms with E-state index < -0.39 is 6.04 Å². The molecule has 1 N–H and O–H groups in total. The standard InChI is InChI=1S/C18H19FN6O2/c1-20-15-10-14(21-11-22-15)17-23-18(27-24-17)16(25-6-8-26-9-7-25)12-4-2-3-5-13(12)19/h2-5,10-11,16H,6-9H2,1H3,(H,20,21,22). The van der Waals surface area contributed by atoms with Crippen molar-refractivity contribution in [2.45, 2.75) is 6.04 Å². The molecule has 9 heteroatoms. The normalized spacial score (nSPS) is 16.2. The lowest BCUT2D eigenvalue weighted by Gasteiger charge is -2.32. The Hall–Kier alpha value is -2.91. The number of halogens is 1. The molecule has 0 spiro atoms. The lowest BCUT2D eigenvalue weighted by molar-refractivity contribution is 0.0174. The van der Waals surface area contributed by atoms with Crippen LogP contribution in [0.4, 0.5) is 10.2 Å². The van der Waals surface area contributed by atoms with Gasteiger partial charge in [0, 0.05) is 31.8 Å². The third-order valence-electron chi connectivity index (χ3n) is 4.44. The molecule has 1 fully saturated rings. The van der Waals surface area contributed by atoms with E-state index >= 15 is 0 Å².